The van der Waals surface area contributed by atoms with Crippen molar-refractivity contribution >= 4 is 54.1 Å². The molecule has 0 aliphatic rings. The molecular formula is C27H35BrN4O11S. The molecule has 0 spiro atoms. The van der Waals surface area contributed by atoms with E-state index in [4.69, 9.17) is 33.0 Å². The van der Waals surface area contributed by atoms with Gasteiger partial charge in [-0.15, -0.1) is 0 Å². The minimum atomic E-state index is -4.09. The molecule has 15 nitrogen and oxygen atoms in total. The molecule has 2 aromatic carbocycles. The van der Waals surface area contributed by atoms with Gasteiger partial charge in [-0.25, -0.2) is 9.97 Å². The van der Waals surface area contributed by atoms with E-state index in [1.165, 1.54) is 25.4 Å². The second-order valence-corrected chi connectivity index (χ2v) is 11.9. The maximum Gasteiger partial charge on any atom is 0.311 e. The van der Waals surface area contributed by atoms with Crippen molar-refractivity contribution in [3.8, 4) is 5.75 Å². The summed E-state index contributed by atoms with van der Waals surface area (Å²) in [5.74, 6) is 0.508. The Balaban J connectivity index is 1.27. The van der Waals surface area contributed by atoms with Crippen LogP contribution in [0.4, 0.5) is 17.2 Å². The number of benzene rings is 2. The van der Waals surface area contributed by atoms with Crippen LogP contribution in [0.2, 0.25) is 0 Å². The number of hydrogen-bond donors (Lipinski definition) is 2. The molecule has 3 aromatic rings. The number of hydrogen-bond acceptors (Lipinski definition) is 13. The molecule has 3 rings (SSSR count). The predicted molar refractivity (Wildman–Crippen MR) is 164 cm³/mol. The third kappa shape index (κ3) is 12.5. The number of aromatic nitrogens is 2. The molecule has 0 radical (unpaired) electrons. The summed E-state index contributed by atoms with van der Waals surface area (Å²) in [5.41, 5.74) is 1.03. The highest BCUT2D eigenvalue weighted by molar-refractivity contribution is 9.10. The van der Waals surface area contributed by atoms with E-state index in [0.717, 1.165) is 10.2 Å². The summed E-state index contributed by atoms with van der Waals surface area (Å²) in [4.78, 5) is 19.7. The summed E-state index contributed by atoms with van der Waals surface area (Å²) in [5, 5.41) is 14.4. The predicted octanol–water partition coefficient (Wildman–Crippen LogP) is 3.78. The molecule has 44 heavy (non-hydrogen) atoms. The fourth-order valence-corrected chi connectivity index (χ4v) is 4.23. The van der Waals surface area contributed by atoms with Crippen LogP contribution in [-0.2, 0) is 33.8 Å². The maximum atomic E-state index is 11.8. The number of rotatable bonds is 22. The first-order valence-electron chi connectivity index (χ1n) is 13.6. The third-order valence-corrected chi connectivity index (χ3v) is 7.48. The lowest BCUT2D eigenvalue weighted by Crippen LogP contribution is -2.23. The standard InChI is InChI=1S/C27H35BrN4O11S/c1-20(44(35,36)37)18-42-12-11-40-8-7-38-5-6-39-9-10-41-13-14-43-26-17-24-23(16-25(26)32(33)34)27(30-19-29-24)31-22-4-2-3-21(28)15-22/h2-4,15-17,19-20H,5-14,18H2,1H3,(H,29,30,31)(H,35,36,37). The Morgan fingerprint density at radius 1 is 0.909 bits per heavy atom. The van der Waals surface area contributed by atoms with Crippen molar-refractivity contribution in [1.29, 1.82) is 0 Å². The zero-order valence-electron chi connectivity index (χ0n) is 24.1. The number of nitro benzene ring substituents is 1. The van der Waals surface area contributed by atoms with E-state index in [9.17, 15) is 18.5 Å². The molecule has 242 valence electrons. The Kier molecular flexibility index (Phi) is 15.1. The van der Waals surface area contributed by atoms with Crippen LogP contribution in [0, 0.1) is 10.1 Å². The van der Waals surface area contributed by atoms with Crippen LogP contribution in [0.25, 0.3) is 10.9 Å². The van der Waals surface area contributed by atoms with Crippen molar-refractivity contribution in [1.82, 2.24) is 9.97 Å². The van der Waals surface area contributed by atoms with E-state index < -0.39 is 20.3 Å². The van der Waals surface area contributed by atoms with Gasteiger partial charge in [-0.3, -0.25) is 14.7 Å². The zero-order valence-corrected chi connectivity index (χ0v) is 26.5. The average Bonchev–Trinajstić information content (AvgIpc) is 2.97. The molecule has 1 aromatic heterocycles. The Morgan fingerprint density at radius 3 is 2.07 bits per heavy atom. The van der Waals surface area contributed by atoms with Gasteiger partial charge in [0.05, 0.1) is 81.9 Å². The van der Waals surface area contributed by atoms with Crippen LogP contribution in [0.3, 0.4) is 0 Å². The molecule has 1 unspecified atom stereocenters. The van der Waals surface area contributed by atoms with Crippen LogP contribution in [0.15, 0.2) is 47.2 Å². The Hall–Kier alpha value is -3.03. The highest BCUT2D eigenvalue weighted by Crippen LogP contribution is 2.34. The van der Waals surface area contributed by atoms with Crippen molar-refractivity contribution in [3.05, 3.63) is 57.3 Å². The van der Waals surface area contributed by atoms with Gasteiger partial charge in [0.15, 0.2) is 5.75 Å². The number of nitrogens with zero attached hydrogens (tertiary/aromatic N) is 3. The Bertz CT molecular complexity index is 1450. The maximum absolute atomic E-state index is 11.8. The Labute approximate surface area is 263 Å². The number of fused-ring (bicyclic) bond motifs is 1. The molecule has 0 fully saturated rings. The highest BCUT2D eigenvalue weighted by atomic mass is 79.9. The van der Waals surface area contributed by atoms with E-state index in [0.29, 0.717) is 56.4 Å². The minimum absolute atomic E-state index is 0.0786. The molecule has 0 saturated carbocycles. The number of halogens is 1. The lowest BCUT2D eigenvalue weighted by Gasteiger charge is -2.11. The van der Waals surface area contributed by atoms with Gasteiger partial charge < -0.3 is 33.7 Å². The molecule has 1 atom stereocenters. The quantitative estimate of drug-likeness (QED) is 0.0665. The van der Waals surface area contributed by atoms with E-state index >= 15 is 0 Å². The number of nitro groups is 1. The molecular weight excluding hydrogens is 668 g/mol. The topological polar surface area (TPSA) is 191 Å². The molecule has 0 bridgehead atoms. The van der Waals surface area contributed by atoms with Crippen molar-refractivity contribution in [2.45, 2.75) is 12.2 Å². The largest absolute Gasteiger partial charge is 0.484 e. The number of anilines is 2. The molecule has 0 amide bonds. The van der Waals surface area contributed by atoms with Gasteiger partial charge in [-0.05, 0) is 25.1 Å². The molecule has 0 saturated heterocycles. The Morgan fingerprint density at radius 2 is 1.50 bits per heavy atom. The second kappa shape index (κ2) is 18.7. The van der Waals surface area contributed by atoms with Crippen molar-refractivity contribution in [2.75, 3.05) is 78.0 Å². The normalized spacial score (nSPS) is 12.3. The first-order chi connectivity index (χ1) is 21.1. The summed E-state index contributed by atoms with van der Waals surface area (Å²) in [7, 11) is -4.09. The molecule has 0 aliphatic carbocycles. The first kappa shape index (κ1) is 35.4. The summed E-state index contributed by atoms with van der Waals surface area (Å²) < 4.78 is 63.8. The van der Waals surface area contributed by atoms with Gasteiger partial charge in [-0.1, -0.05) is 22.0 Å². The smallest absolute Gasteiger partial charge is 0.311 e. The SMILES string of the molecule is CC(COCCOCCOCCOCCOCCOc1cc2ncnc(Nc3cccc(Br)c3)c2cc1[N+](=O)[O-])S(=O)(=O)O. The lowest BCUT2D eigenvalue weighted by atomic mass is 10.2. The average molecular weight is 704 g/mol. The van der Waals surface area contributed by atoms with Gasteiger partial charge >= 0.3 is 5.69 Å². The third-order valence-electron chi connectivity index (χ3n) is 5.83. The van der Waals surface area contributed by atoms with Gasteiger partial charge in [-0.2, -0.15) is 8.42 Å². The summed E-state index contributed by atoms with van der Waals surface area (Å²) >= 11 is 3.42. The first-order valence-corrected chi connectivity index (χ1v) is 15.9. The second-order valence-electron chi connectivity index (χ2n) is 9.15. The summed E-state index contributed by atoms with van der Waals surface area (Å²) in [6.45, 7) is 4.07. The van der Waals surface area contributed by atoms with E-state index in [2.05, 4.69) is 31.2 Å². The van der Waals surface area contributed by atoms with Crippen LogP contribution >= 0.6 is 15.9 Å². The minimum Gasteiger partial charge on any atom is -0.484 e. The van der Waals surface area contributed by atoms with Gasteiger partial charge in [0, 0.05) is 22.3 Å². The molecule has 0 aliphatic heterocycles. The van der Waals surface area contributed by atoms with Gasteiger partial charge in [0.1, 0.15) is 24.0 Å². The summed E-state index contributed by atoms with van der Waals surface area (Å²) in [6, 6.07) is 10.4. The molecule has 1 heterocycles. The van der Waals surface area contributed by atoms with Crippen molar-refractivity contribution < 1.29 is 46.3 Å². The molecule has 17 heteroatoms. The van der Waals surface area contributed by atoms with Crippen LogP contribution in [-0.4, -0.2) is 106 Å². The number of nitrogens with one attached hydrogen (secondary N) is 1. The van der Waals surface area contributed by atoms with E-state index in [1.807, 2.05) is 24.3 Å². The fraction of sp³-hybridized carbons (Fsp3) is 0.481. The van der Waals surface area contributed by atoms with E-state index in [-0.39, 0.29) is 44.5 Å². The summed E-state index contributed by atoms with van der Waals surface area (Å²) in [6.07, 6.45) is 1.37. The monoisotopic (exact) mass is 702 g/mol. The molecule has 2 N–H and O–H groups in total. The number of ether oxygens (including phenoxy) is 6. The van der Waals surface area contributed by atoms with Crippen LogP contribution in [0.5, 0.6) is 5.75 Å². The van der Waals surface area contributed by atoms with Gasteiger partial charge in [0.25, 0.3) is 10.1 Å². The van der Waals surface area contributed by atoms with Crippen LogP contribution in [0.1, 0.15) is 6.92 Å². The van der Waals surface area contributed by atoms with Crippen molar-refractivity contribution in [3.63, 3.8) is 0 Å². The van der Waals surface area contributed by atoms with Gasteiger partial charge in [0.2, 0.25) is 0 Å². The lowest BCUT2D eigenvalue weighted by molar-refractivity contribution is -0.385. The van der Waals surface area contributed by atoms with Crippen molar-refractivity contribution in [2.24, 2.45) is 0 Å². The fourth-order valence-electron chi connectivity index (χ4n) is 3.56. The van der Waals surface area contributed by atoms with Crippen LogP contribution < -0.4 is 10.1 Å². The zero-order chi connectivity index (χ0) is 31.8. The van der Waals surface area contributed by atoms with E-state index in [1.54, 1.807) is 0 Å². The highest BCUT2D eigenvalue weighted by Gasteiger charge is 2.20.